The highest BCUT2D eigenvalue weighted by Gasteiger charge is 2.34. The van der Waals surface area contributed by atoms with E-state index in [4.69, 9.17) is 4.74 Å². The molecule has 146 valence electrons. The Hall–Kier alpha value is -2.94. The van der Waals surface area contributed by atoms with Crippen LogP contribution in [0, 0.1) is 5.82 Å². The van der Waals surface area contributed by atoms with Crippen LogP contribution in [-0.2, 0) is 17.8 Å². The second-order valence-corrected chi connectivity index (χ2v) is 7.84. The first-order valence-electron chi connectivity index (χ1n) is 8.71. The largest absolute Gasteiger partial charge is 0.497 e. The number of thiophene rings is 1. The van der Waals surface area contributed by atoms with Crippen molar-refractivity contribution < 1.29 is 23.5 Å². The van der Waals surface area contributed by atoms with Gasteiger partial charge in [0.25, 0.3) is 11.8 Å². The Kier molecular flexibility index (Phi) is 4.54. The molecule has 3 heterocycles. The Labute approximate surface area is 164 Å². The second kappa shape index (κ2) is 6.90. The number of anilines is 1. The van der Waals surface area contributed by atoms with E-state index in [-0.39, 0.29) is 30.5 Å². The van der Waals surface area contributed by atoms with Crippen LogP contribution in [0.15, 0.2) is 18.2 Å². The third kappa shape index (κ3) is 3.01. The van der Waals surface area contributed by atoms with E-state index in [9.17, 15) is 18.8 Å². The number of rotatable bonds is 2. The smallest absolute Gasteiger partial charge is 0.257 e. The zero-order chi connectivity index (χ0) is 20.0. The van der Waals surface area contributed by atoms with Gasteiger partial charge in [-0.2, -0.15) is 0 Å². The summed E-state index contributed by atoms with van der Waals surface area (Å²) in [4.78, 5) is 41.2. The second-order valence-electron chi connectivity index (χ2n) is 6.74. The van der Waals surface area contributed by atoms with Gasteiger partial charge in [-0.1, -0.05) is 0 Å². The van der Waals surface area contributed by atoms with Crippen LogP contribution in [0.4, 0.5) is 9.39 Å². The number of nitrogens with zero attached hydrogens (tertiary/aromatic N) is 2. The first-order valence-corrected chi connectivity index (χ1v) is 9.53. The predicted octanol–water partition coefficient (Wildman–Crippen LogP) is 2.12. The maximum Gasteiger partial charge on any atom is 0.257 e. The Morgan fingerprint density at radius 1 is 1.29 bits per heavy atom. The molecule has 7 nitrogen and oxygen atoms in total. The summed E-state index contributed by atoms with van der Waals surface area (Å²) in [5.41, 5.74) is 1.35. The molecule has 1 aromatic carbocycles. The molecule has 0 fully saturated rings. The zero-order valence-electron chi connectivity index (χ0n) is 15.4. The summed E-state index contributed by atoms with van der Waals surface area (Å²) in [5.74, 6) is -1.16. The van der Waals surface area contributed by atoms with Gasteiger partial charge in [-0.05, 0) is 24.1 Å². The van der Waals surface area contributed by atoms with Crippen LogP contribution >= 0.6 is 11.3 Å². The lowest BCUT2D eigenvalue weighted by Gasteiger charge is -2.28. The Morgan fingerprint density at radius 2 is 2.07 bits per heavy atom. The molecule has 0 bridgehead atoms. The number of methoxy groups -OCH3 is 1. The summed E-state index contributed by atoms with van der Waals surface area (Å²) in [6.45, 7) is 0.645. The van der Waals surface area contributed by atoms with Crippen LogP contribution in [0.2, 0.25) is 0 Å². The molecule has 0 saturated carbocycles. The van der Waals surface area contributed by atoms with Crippen molar-refractivity contribution in [1.82, 2.24) is 9.80 Å². The quantitative estimate of drug-likeness (QED) is 0.833. The molecule has 0 atom stereocenters. The van der Waals surface area contributed by atoms with Gasteiger partial charge in [-0.25, -0.2) is 4.39 Å². The lowest BCUT2D eigenvalue weighted by atomic mass is 10.0. The molecule has 0 radical (unpaired) electrons. The average Bonchev–Trinajstić information content (AvgIpc) is 2.98. The number of nitrogens with one attached hydrogen (secondary N) is 1. The van der Waals surface area contributed by atoms with Crippen LogP contribution in [0.3, 0.4) is 0 Å². The molecule has 28 heavy (non-hydrogen) atoms. The number of hydrogen-bond acceptors (Lipinski definition) is 5. The molecule has 0 spiro atoms. The van der Waals surface area contributed by atoms with Crippen LogP contribution in [-0.4, -0.2) is 54.8 Å². The maximum atomic E-state index is 14.3. The summed E-state index contributed by atoms with van der Waals surface area (Å²) >= 11 is 1.30. The number of ether oxygens (including phenoxy) is 1. The lowest BCUT2D eigenvalue weighted by Crippen LogP contribution is -2.37. The number of fused-ring (bicyclic) bond motifs is 3. The fraction of sp³-hybridized carbons (Fsp3) is 0.316. The van der Waals surface area contributed by atoms with Gasteiger partial charge < -0.3 is 19.9 Å². The normalized spacial score (nSPS) is 16.2. The van der Waals surface area contributed by atoms with E-state index in [1.807, 2.05) is 0 Å². The van der Waals surface area contributed by atoms with Gasteiger partial charge >= 0.3 is 0 Å². The Morgan fingerprint density at radius 3 is 2.79 bits per heavy atom. The van der Waals surface area contributed by atoms with E-state index in [2.05, 4.69) is 5.32 Å². The summed E-state index contributed by atoms with van der Waals surface area (Å²) in [7, 11) is 3.02. The number of halogens is 1. The Balaban J connectivity index is 1.63. The van der Waals surface area contributed by atoms with E-state index >= 15 is 0 Å². The van der Waals surface area contributed by atoms with Crippen molar-refractivity contribution in [2.75, 3.05) is 32.6 Å². The highest BCUT2D eigenvalue weighted by molar-refractivity contribution is 7.17. The minimum absolute atomic E-state index is 0.0103. The first kappa shape index (κ1) is 18.4. The van der Waals surface area contributed by atoms with Crippen molar-refractivity contribution in [2.24, 2.45) is 0 Å². The molecule has 3 amide bonds. The van der Waals surface area contributed by atoms with Gasteiger partial charge in [-0.3, -0.25) is 14.4 Å². The van der Waals surface area contributed by atoms with Crippen molar-refractivity contribution in [3.63, 3.8) is 0 Å². The number of carbonyl (C=O) groups is 3. The molecule has 2 aliphatic heterocycles. The van der Waals surface area contributed by atoms with Gasteiger partial charge in [-0.15, -0.1) is 11.3 Å². The molecule has 1 N–H and O–H groups in total. The number of amides is 3. The van der Waals surface area contributed by atoms with E-state index in [1.54, 1.807) is 18.0 Å². The summed E-state index contributed by atoms with van der Waals surface area (Å²) in [6.07, 6.45) is 0.472. The topological polar surface area (TPSA) is 79.0 Å². The third-order valence-corrected chi connectivity index (χ3v) is 6.08. The SMILES string of the molecule is COc1ccc(C(=O)N2CCc3c(sc4c3C(=O)N(C)CC(=O)N4)C2)c(F)c1. The van der Waals surface area contributed by atoms with Crippen LogP contribution in [0.25, 0.3) is 0 Å². The molecule has 1 aromatic heterocycles. The predicted molar refractivity (Wildman–Crippen MR) is 101 cm³/mol. The summed E-state index contributed by atoms with van der Waals surface area (Å²) in [6, 6.07) is 4.14. The molecular weight excluding hydrogens is 385 g/mol. The van der Waals surface area contributed by atoms with E-state index in [1.165, 1.54) is 35.5 Å². The number of likely N-dealkylation sites (N-methyl/N-ethyl adjacent to an activating group) is 1. The molecule has 2 aliphatic rings. The zero-order valence-corrected chi connectivity index (χ0v) is 16.2. The fourth-order valence-corrected chi connectivity index (χ4v) is 4.77. The number of carbonyl (C=O) groups excluding carboxylic acids is 3. The van der Waals surface area contributed by atoms with E-state index in [0.29, 0.717) is 29.3 Å². The highest BCUT2D eigenvalue weighted by atomic mass is 32.1. The molecule has 0 aliphatic carbocycles. The standard InChI is InChI=1S/C19H18FN3O4S/c1-22-9-15(24)21-17-16(19(22)26)12-5-6-23(8-14(12)28-17)18(25)11-4-3-10(27-2)7-13(11)20/h3-4,7H,5-6,8-9H2,1-2H3,(H,21,24). The van der Waals surface area contributed by atoms with Gasteiger partial charge in [0, 0.05) is 24.5 Å². The maximum absolute atomic E-state index is 14.3. The van der Waals surface area contributed by atoms with Gasteiger partial charge in [0.15, 0.2) is 0 Å². The van der Waals surface area contributed by atoms with Crippen molar-refractivity contribution in [2.45, 2.75) is 13.0 Å². The average molecular weight is 403 g/mol. The third-order valence-electron chi connectivity index (χ3n) is 4.95. The summed E-state index contributed by atoms with van der Waals surface area (Å²) < 4.78 is 19.3. The van der Waals surface area contributed by atoms with Crippen molar-refractivity contribution in [3.8, 4) is 5.75 Å². The lowest BCUT2D eigenvalue weighted by molar-refractivity contribution is -0.116. The highest BCUT2D eigenvalue weighted by Crippen LogP contribution is 2.39. The molecule has 9 heteroatoms. The Bertz CT molecular complexity index is 1000. The minimum Gasteiger partial charge on any atom is -0.497 e. The fourth-order valence-electron chi connectivity index (χ4n) is 3.50. The van der Waals surface area contributed by atoms with Crippen molar-refractivity contribution >= 4 is 34.1 Å². The number of hydrogen-bond donors (Lipinski definition) is 1. The van der Waals surface area contributed by atoms with Gasteiger partial charge in [0.2, 0.25) is 5.91 Å². The van der Waals surface area contributed by atoms with Crippen molar-refractivity contribution in [1.29, 1.82) is 0 Å². The molecule has 0 saturated heterocycles. The monoisotopic (exact) mass is 403 g/mol. The van der Waals surface area contributed by atoms with Crippen LogP contribution in [0.5, 0.6) is 5.75 Å². The van der Waals surface area contributed by atoms with Gasteiger partial charge in [0.1, 0.15) is 16.6 Å². The van der Waals surface area contributed by atoms with Crippen LogP contribution in [0.1, 0.15) is 31.2 Å². The van der Waals surface area contributed by atoms with E-state index in [0.717, 1.165) is 10.4 Å². The number of benzene rings is 1. The minimum atomic E-state index is -0.638. The van der Waals surface area contributed by atoms with Gasteiger partial charge in [0.05, 0.1) is 31.3 Å². The van der Waals surface area contributed by atoms with E-state index < -0.39 is 11.7 Å². The first-order chi connectivity index (χ1) is 13.4. The summed E-state index contributed by atoms with van der Waals surface area (Å²) in [5, 5.41) is 3.30. The molecule has 4 rings (SSSR count). The van der Waals surface area contributed by atoms with Crippen molar-refractivity contribution in [3.05, 3.63) is 45.6 Å². The van der Waals surface area contributed by atoms with Crippen LogP contribution < -0.4 is 10.1 Å². The molecular formula is C19H18FN3O4S. The molecule has 0 unspecified atom stereocenters. The molecule has 2 aromatic rings.